The van der Waals surface area contributed by atoms with E-state index in [0.717, 1.165) is 18.9 Å². The molecule has 0 atom stereocenters. The molecule has 1 aliphatic heterocycles. The minimum absolute atomic E-state index is 0.864. The Morgan fingerprint density at radius 3 is 2.82 bits per heavy atom. The summed E-state index contributed by atoms with van der Waals surface area (Å²) >= 11 is 3.54. The molecule has 1 aromatic carbocycles. The van der Waals surface area contributed by atoms with E-state index in [-0.39, 0.29) is 0 Å². The lowest BCUT2D eigenvalue weighted by Gasteiger charge is -2.31. The smallest absolute Gasteiger partial charge is 0.0178 e. The van der Waals surface area contributed by atoms with E-state index in [1.54, 1.807) is 0 Å². The topological polar surface area (TPSA) is 15.3 Å². The van der Waals surface area contributed by atoms with Crippen LogP contribution in [0, 0.1) is 12.8 Å². The van der Waals surface area contributed by atoms with Crippen LogP contribution in [0.3, 0.4) is 0 Å². The Labute approximate surface area is 113 Å². The van der Waals surface area contributed by atoms with E-state index in [2.05, 4.69) is 58.3 Å². The highest BCUT2D eigenvalue weighted by atomic mass is 79.9. The maximum Gasteiger partial charge on any atom is 0.0178 e. The number of rotatable bonds is 5. The summed E-state index contributed by atoms with van der Waals surface area (Å²) in [5.74, 6) is 0.864. The summed E-state index contributed by atoms with van der Waals surface area (Å²) in [5, 5.41) is 3.32. The molecule has 0 unspecified atom stereocenters. The van der Waals surface area contributed by atoms with Crippen molar-refractivity contribution < 1.29 is 0 Å². The second-order valence-electron chi connectivity index (χ2n) is 5.11. The molecule has 1 aliphatic rings. The molecular weight excluding hydrogens is 276 g/mol. The van der Waals surface area contributed by atoms with Gasteiger partial charge in [-0.3, -0.25) is 0 Å². The number of likely N-dealkylation sites (N-methyl/N-ethyl adjacent to an activating group) is 1. The normalized spacial score (nSPS) is 16.2. The van der Waals surface area contributed by atoms with Gasteiger partial charge in [-0.25, -0.2) is 0 Å². The summed E-state index contributed by atoms with van der Waals surface area (Å²) in [6.07, 6.45) is 1.14. The number of hydrogen-bond donors (Lipinski definition) is 1. The van der Waals surface area contributed by atoms with Crippen molar-refractivity contribution in [3.05, 3.63) is 33.8 Å². The van der Waals surface area contributed by atoms with Crippen molar-refractivity contribution >= 4 is 15.9 Å². The van der Waals surface area contributed by atoms with Gasteiger partial charge >= 0.3 is 0 Å². The van der Waals surface area contributed by atoms with Crippen LogP contribution in [0.15, 0.2) is 22.7 Å². The van der Waals surface area contributed by atoms with Gasteiger partial charge in [0.15, 0.2) is 0 Å². The molecule has 1 N–H and O–H groups in total. The molecule has 1 heterocycles. The molecule has 1 fully saturated rings. The molecule has 94 valence electrons. The van der Waals surface area contributed by atoms with Crippen LogP contribution in [0.25, 0.3) is 0 Å². The monoisotopic (exact) mass is 296 g/mol. The predicted octanol–water partition coefficient (Wildman–Crippen LogP) is 2.45. The zero-order chi connectivity index (χ0) is 12.3. The maximum atomic E-state index is 3.54. The Kier molecular flexibility index (Phi) is 4.60. The SMILES string of the molecule is Cc1ccc(Br)cc1CCN(C)CC1CNC1. The Morgan fingerprint density at radius 1 is 1.41 bits per heavy atom. The van der Waals surface area contributed by atoms with Gasteiger partial charge in [-0.15, -0.1) is 0 Å². The molecule has 1 saturated heterocycles. The number of hydrogen-bond acceptors (Lipinski definition) is 2. The fourth-order valence-electron chi connectivity index (χ4n) is 2.23. The Morgan fingerprint density at radius 2 is 2.18 bits per heavy atom. The van der Waals surface area contributed by atoms with E-state index in [9.17, 15) is 0 Å². The minimum atomic E-state index is 0.864. The molecule has 0 spiro atoms. The average Bonchev–Trinajstić information content (AvgIpc) is 2.25. The van der Waals surface area contributed by atoms with E-state index in [1.165, 1.54) is 35.2 Å². The molecule has 0 saturated carbocycles. The minimum Gasteiger partial charge on any atom is -0.316 e. The van der Waals surface area contributed by atoms with Crippen LogP contribution in [0.5, 0.6) is 0 Å². The first kappa shape index (κ1) is 13.1. The first-order valence-corrected chi connectivity index (χ1v) is 7.09. The third-order valence-corrected chi connectivity index (χ3v) is 4.00. The predicted molar refractivity (Wildman–Crippen MR) is 76.4 cm³/mol. The lowest BCUT2D eigenvalue weighted by atomic mass is 10.0. The number of benzene rings is 1. The van der Waals surface area contributed by atoms with E-state index in [4.69, 9.17) is 0 Å². The van der Waals surface area contributed by atoms with Gasteiger partial charge in [0, 0.05) is 30.7 Å². The summed E-state index contributed by atoms with van der Waals surface area (Å²) in [6, 6.07) is 6.55. The molecule has 3 heteroatoms. The molecule has 0 bridgehead atoms. The summed E-state index contributed by atoms with van der Waals surface area (Å²) < 4.78 is 1.18. The van der Waals surface area contributed by atoms with Crippen LogP contribution >= 0.6 is 15.9 Å². The van der Waals surface area contributed by atoms with Crippen LogP contribution < -0.4 is 5.32 Å². The summed E-state index contributed by atoms with van der Waals surface area (Å²) in [7, 11) is 2.23. The van der Waals surface area contributed by atoms with Gasteiger partial charge in [0.1, 0.15) is 0 Å². The lowest BCUT2D eigenvalue weighted by Crippen LogP contribution is -2.47. The second-order valence-corrected chi connectivity index (χ2v) is 6.02. The fraction of sp³-hybridized carbons (Fsp3) is 0.571. The van der Waals surface area contributed by atoms with Crippen LogP contribution in [0.2, 0.25) is 0 Å². The van der Waals surface area contributed by atoms with Gasteiger partial charge < -0.3 is 10.2 Å². The van der Waals surface area contributed by atoms with Crippen molar-refractivity contribution in [2.45, 2.75) is 13.3 Å². The third kappa shape index (κ3) is 3.80. The Hall–Kier alpha value is -0.380. The van der Waals surface area contributed by atoms with Crippen molar-refractivity contribution in [1.29, 1.82) is 0 Å². The number of nitrogens with one attached hydrogen (secondary N) is 1. The maximum absolute atomic E-state index is 3.54. The largest absolute Gasteiger partial charge is 0.316 e. The fourth-order valence-corrected chi connectivity index (χ4v) is 2.64. The van der Waals surface area contributed by atoms with Gasteiger partial charge in [-0.05, 0) is 49.6 Å². The molecule has 2 nitrogen and oxygen atoms in total. The highest BCUT2D eigenvalue weighted by Crippen LogP contribution is 2.17. The standard InChI is InChI=1S/C14H21BrN2/c1-11-3-4-14(15)7-13(11)5-6-17(2)10-12-8-16-9-12/h3-4,7,12,16H,5-6,8-10H2,1-2H3. The molecule has 0 amide bonds. The van der Waals surface area contributed by atoms with Gasteiger partial charge in [-0.1, -0.05) is 22.0 Å². The summed E-state index contributed by atoms with van der Waals surface area (Å²) in [5.41, 5.74) is 2.85. The van der Waals surface area contributed by atoms with Gasteiger partial charge in [0.2, 0.25) is 0 Å². The van der Waals surface area contributed by atoms with Crippen LogP contribution in [-0.4, -0.2) is 38.1 Å². The van der Waals surface area contributed by atoms with Crippen molar-refractivity contribution in [1.82, 2.24) is 10.2 Å². The van der Waals surface area contributed by atoms with Crippen molar-refractivity contribution in [2.75, 3.05) is 33.2 Å². The van der Waals surface area contributed by atoms with Crippen molar-refractivity contribution in [3.63, 3.8) is 0 Å². The summed E-state index contributed by atoms with van der Waals surface area (Å²) in [4.78, 5) is 2.45. The summed E-state index contributed by atoms with van der Waals surface area (Å²) in [6.45, 7) is 6.95. The quantitative estimate of drug-likeness (QED) is 0.898. The molecule has 0 aliphatic carbocycles. The van der Waals surface area contributed by atoms with Crippen LogP contribution in [-0.2, 0) is 6.42 Å². The van der Waals surface area contributed by atoms with Gasteiger partial charge in [-0.2, -0.15) is 0 Å². The Balaban J connectivity index is 1.81. The molecule has 2 rings (SSSR count). The molecular formula is C14H21BrN2. The van der Waals surface area contributed by atoms with E-state index in [0.29, 0.717) is 0 Å². The molecule has 1 aromatic rings. The Bertz CT molecular complexity index is 374. The molecule has 0 radical (unpaired) electrons. The second kappa shape index (κ2) is 5.98. The van der Waals surface area contributed by atoms with E-state index in [1.807, 2.05) is 0 Å². The number of nitrogens with zero attached hydrogens (tertiary/aromatic N) is 1. The zero-order valence-electron chi connectivity index (χ0n) is 10.7. The first-order valence-electron chi connectivity index (χ1n) is 6.29. The lowest BCUT2D eigenvalue weighted by molar-refractivity contribution is 0.226. The van der Waals surface area contributed by atoms with E-state index < -0.39 is 0 Å². The zero-order valence-corrected chi connectivity index (χ0v) is 12.3. The van der Waals surface area contributed by atoms with Crippen molar-refractivity contribution in [3.8, 4) is 0 Å². The van der Waals surface area contributed by atoms with Crippen LogP contribution in [0.1, 0.15) is 11.1 Å². The highest BCUT2D eigenvalue weighted by Gasteiger charge is 2.18. The van der Waals surface area contributed by atoms with Crippen molar-refractivity contribution in [2.24, 2.45) is 5.92 Å². The first-order chi connectivity index (χ1) is 8.15. The number of aryl methyl sites for hydroxylation is 1. The van der Waals surface area contributed by atoms with Gasteiger partial charge in [0.05, 0.1) is 0 Å². The van der Waals surface area contributed by atoms with E-state index >= 15 is 0 Å². The number of halogens is 1. The van der Waals surface area contributed by atoms with Crippen LogP contribution in [0.4, 0.5) is 0 Å². The molecule has 17 heavy (non-hydrogen) atoms. The highest BCUT2D eigenvalue weighted by molar-refractivity contribution is 9.10. The molecule has 0 aromatic heterocycles. The third-order valence-electron chi connectivity index (χ3n) is 3.51. The average molecular weight is 297 g/mol. The van der Waals surface area contributed by atoms with Gasteiger partial charge in [0.25, 0.3) is 0 Å².